The lowest BCUT2D eigenvalue weighted by Gasteiger charge is -2.19. The average molecular weight is 292 g/mol. The van der Waals surface area contributed by atoms with Crippen LogP contribution in [0.1, 0.15) is 36.7 Å². The molecule has 0 unspecified atom stereocenters. The van der Waals surface area contributed by atoms with E-state index in [2.05, 4.69) is 30.8 Å². The van der Waals surface area contributed by atoms with Gasteiger partial charge < -0.3 is 15.8 Å². The highest BCUT2D eigenvalue weighted by atomic mass is 16.5. The Morgan fingerprint density at radius 3 is 2.19 bits per heavy atom. The van der Waals surface area contributed by atoms with Crippen molar-refractivity contribution in [2.75, 3.05) is 13.2 Å². The fraction of sp³-hybridized carbons (Fsp3) is 0.400. The zero-order valence-corrected chi connectivity index (χ0v) is 12.4. The van der Waals surface area contributed by atoms with Gasteiger partial charge in [-0.3, -0.25) is 14.4 Å². The van der Waals surface area contributed by atoms with Crippen LogP contribution in [0.3, 0.4) is 0 Å². The Hall–Kier alpha value is -2.37. The third-order valence-electron chi connectivity index (χ3n) is 2.78. The quantitative estimate of drug-likeness (QED) is 0.782. The Kier molecular flexibility index (Phi) is 5.46. The second kappa shape index (κ2) is 6.88. The summed E-state index contributed by atoms with van der Waals surface area (Å²) in [4.78, 5) is 33.5. The van der Waals surface area contributed by atoms with Crippen LogP contribution < -0.4 is 11.1 Å². The molecule has 0 heterocycles. The number of carbonyl (C=O) groups is 3. The smallest absolute Gasteiger partial charge is 0.325 e. The van der Waals surface area contributed by atoms with Crippen LogP contribution in [-0.2, 0) is 19.7 Å². The minimum atomic E-state index is -0.743. The van der Waals surface area contributed by atoms with Crippen LogP contribution in [0.15, 0.2) is 24.3 Å². The maximum atomic E-state index is 11.8. The van der Waals surface area contributed by atoms with Gasteiger partial charge in [0.25, 0.3) is 11.8 Å². The number of rotatable bonds is 5. The van der Waals surface area contributed by atoms with E-state index in [1.54, 1.807) is 12.1 Å². The second-order valence-electron chi connectivity index (χ2n) is 5.64. The van der Waals surface area contributed by atoms with Gasteiger partial charge in [-0.25, -0.2) is 0 Å². The maximum Gasteiger partial charge on any atom is 0.325 e. The predicted molar refractivity (Wildman–Crippen MR) is 77.6 cm³/mol. The van der Waals surface area contributed by atoms with Crippen molar-refractivity contribution in [3.63, 3.8) is 0 Å². The molecule has 21 heavy (non-hydrogen) atoms. The van der Waals surface area contributed by atoms with Gasteiger partial charge in [0.1, 0.15) is 6.54 Å². The van der Waals surface area contributed by atoms with Crippen molar-refractivity contribution in [1.29, 1.82) is 0 Å². The van der Waals surface area contributed by atoms with Crippen LogP contribution in [0.25, 0.3) is 0 Å². The third-order valence-corrected chi connectivity index (χ3v) is 2.78. The molecule has 1 aromatic rings. The zero-order chi connectivity index (χ0) is 16.0. The van der Waals surface area contributed by atoms with E-state index in [0.29, 0.717) is 5.56 Å². The van der Waals surface area contributed by atoms with Gasteiger partial charge in [-0.1, -0.05) is 32.9 Å². The van der Waals surface area contributed by atoms with Gasteiger partial charge in [0.2, 0.25) is 0 Å². The molecule has 3 N–H and O–H groups in total. The highest BCUT2D eigenvalue weighted by Crippen LogP contribution is 2.22. The monoisotopic (exact) mass is 292 g/mol. The van der Waals surface area contributed by atoms with Gasteiger partial charge in [-0.15, -0.1) is 0 Å². The van der Waals surface area contributed by atoms with Gasteiger partial charge in [0.15, 0.2) is 6.61 Å². The van der Waals surface area contributed by atoms with Gasteiger partial charge in [-0.2, -0.15) is 0 Å². The van der Waals surface area contributed by atoms with Crippen molar-refractivity contribution in [2.24, 2.45) is 5.73 Å². The molecule has 0 aromatic heterocycles. The summed E-state index contributed by atoms with van der Waals surface area (Å²) in [5, 5.41) is 2.42. The summed E-state index contributed by atoms with van der Waals surface area (Å²) in [6, 6.07) is 7.15. The van der Waals surface area contributed by atoms with Crippen LogP contribution in [0.5, 0.6) is 0 Å². The first-order chi connectivity index (χ1) is 9.70. The molecule has 0 atom stereocenters. The summed E-state index contributed by atoms with van der Waals surface area (Å²) >= 11 is 0. The lowest BCUT2D eigenvalue weighted by atomic mass is 9.87. The number of amides is 2. The van der Waals surface area contributed by atoms with Gasteiger partial charge in [-0.05, 0) is 23.1 Å². The molecule has 0 saturated heterocycles. The molecule has 0 bridgehead atoms. The van der Waals surface area contributed by atoms with Crippen molar-refractivity contribution in [3.8, 4) is 0 Å². The number of primary amides is 1. The molecule has 6 nitrogen and oxygen atoms in total. The van der Waals surface area contributed by atoms with E-state index in [1.165, 1.54) is 0 Å². The molecule has 1 rings (SSSR count). The molecule has 0 fully saturated rings. The summed E-state index contributed by atoms with van der Waals surface area (Å²) in [7, 11) is 0. The summed E-state index contributed by atoms with van der Waals surface area (Å²) in [5.74, 6) is -1.84. The van der Waals surface area contributed by atoms with E-state index < -0.39 is 18.5 Å². The lowest BCUT2D eigenvalue weighted by molar-refractivity contribution is -0.146. The van der Waals surface area contributed by atoms with Crippen LogP contribution >= 0.6 is 0 Å². The highest BCUT2D eigenvalue weighted by Gasteiger charge is 2.14. The molecule has 6 heteroatoms. The van der Waals surface area contributed by atoms with Gasteiger partial charge >= 0.3 is 5.97 Å². The fourth-order valence-electron chi connectivity index (χ4n) is 1.58. The fourth-order valence-corrected chi connectivity index (χ4v) is 1.58. The van der Waals surface area contributed by atoms with Crippen LogP contribution in [-0.4, -0.2) is 30.9 Å². The minimum absolute atomic E-state index is 0.00751. The molecule has 0 saturated carbocycles. The molecule has 0 aliphatic heterocycles. The highest BCUT2D eigenvalue weighted by molar-refractivity contribution is 5.96. The Morgan fingerprint density at radius 2 is 1.71 bits per heavy atom. The normalized spacial score (nSPS) is 10.8. The Labute approximate surface area is 123 Å². The van der Waals surface area contributed by atoms with Crippen molar-refractivity contribution in [1.82, 2.24) is 5.32 Å². The first-order valence-electron chi connectivity index (χ1n) is 6.53. The number of nitrogens with two attached hydrogens (primary N) is 1. The maximum absolute atomic E-state index is 11.8. The minimum Gasteiger partial charge on any atom is -0.454 e. The predicted octanol–water partition coefficient (Wildman–Crippen LogP) is 0.742. The summed E-state index contributed by atoms with van der Waals surface area (Å²) in [5.41, 5.74) is 6.40. The zero-order valence-electron chi connectivity index (χ0n) is 12.4. The number of ether oxygens (including phenoxy) is 1. The summed E-state index contributed by atoms with van der Waals surface area (Å²) in [6.07, 6.45) is 0. The third kappa shape index (κ3) is 5.64. The molecule has 0 aliphatic carbocycles. The Morgan fingerprint density at radius 1 is 1.14 bits per heavy atom. The molecule has 1 aromatic carbocycles. The van der Waals surface area contributed by atoms with Crippen molar-refractivity contribution < 1.29 is 19.1 Å². The van der Waals surface area contributed by atoms with E-state index in [0.717, 1.165) is 5.56 Å². The first-order valence-corrected chi connectivity index (χ1v) is 6.53. The number of benzene rings is 1. The Bertz CT molecular complexity index is 530. The summed E-state index contributed by atoms with van der Waals surface area (Å²) < 4.78 is 4.53. The van der Waals surface area contributed by atoms with Crippen LogP contribution in [0.4, 0.5) is 0 Å². The lowest BCUT2D eigenvalue weighted by Crippen LogP contribution is -2.32. The number of hydrogen-bond donors (Lipinski definition) is 2. The molecule has 114 valence electrons. The molecule has 0 radical (unpaired) electrons. The van der Waals surface area contributed by atoms with E-state index in [4.69, 9.17) is 5.73 Å². The first kappa shape index (κ1) is 16.7. The van der Waals surface area contributed by atoms with E-state index in [9.17, 15) is 14.4 Å². The Balaban J connectivity index is 2.53. The molecule has 0 aliphatic rings. The molecule has 0 spiro atoms. The topological polar surface area (TPSA) is 98.5 Å². The van der Waals surface area contributed by atoms with E-state index >= 15 is 0 Å². The van der Waals surface area contributed by atoms with Gasteiger partial charge in [0.05, 0.1) is 0 Å². The number of nitrogens with one attached hydrogen (secondary N) is 1. The van der Waals surface area contributed by atoms with Crippen molar-refractivity contribution in [3.05, 3.63) is 35.4 Å². The van der Waals surface area contributed by atoms with E-state index in [1.807, 2.05) is 12.1 Å². The number of hydrogen-bond acceptors (Lipinski definition) is 4. The molecular weight excluding hydrogens is 272 g/mol. The molecular formula is C15H20N2O4. The van der Waals surface area contributed by atoms with Crippen molar-refractivity contribution in [2.45, 2.75) is 26.2 Å². The number of carbonyl (C=O) groups excluding carboxylic acids is 3. The second-order valence-corrected chi connectivity index (χ2v) is 5.64. The van der Waals surface area contributed by atoms with Crippen molar-refractivity contribution >= 4 is 17.8 Å². The average Bonchev–Trinajstić information content (AvgIpc) is 2.41. The SMILES string of the molecule is CC(C)(C)c1ccc(C(=O)NCC(=O)OCC(N)=O)cc1. The van der Waals surface area contributed by atoms with Crippen LogP contribution in [0.2, 0.25) is 0 Å². The van der Waals surface area contributed by atoms with E-state index in [-0.39, 0.29) is 17.9 Å². The van der Waals surface area contributed by atoms with Gasteiger partial charge in [0, 0.05) is 5.56 Å². The molecule has 2 amide bonds. The summed E-state index contributed by atoms with van der Waals surface area (Å²) in [6.45, 7) is 5.44. The largest absolute Gasteiger partial charge is 0.454 e. The van der Waals surface area contributed by atoms with Crippen LogP contribution in [0, 0.1) is 0 Å². The number of esters is 1. The standard InChI is InChI=1S/C15H20N2O4/c1-15(2,3)11-6-4-10(5-7-11)14(20)17-8-13(19)21-9-12(16)18/h4-7H,8-9H2,1-3H3,(H2,16,18)(H,17,20).